The van der Waals surface area contributed by atoms with Gasteiger partial charge in [-0.1, -0.05) is 18.6 Å². The zero-order valence-electron chi connectivity index (χ0n) is 16.7. The quantitative estimate of drug-likeness (QED) is 0.701. The van der Waals surface area contributed by atoms with Gasteiger partial charge in [-0.2, -0.15) is 17.0 Å². The van der Waals surface area contributed by atoms with Crippen molar-refractivity contribution in [3.8, 4) is 0 Å². The average molecular weight is 398 g/mol. The van der Waals surface area contributed by atoms with E-state index in [1.165, 1.54) is 18.4 Å². The van der Waals surface area contributed by atoms with Gasteiger partial charge >= 0.3 is 0 Å². The molecule has 2 fully saturated rings. The highest BCUT2D eigenvalue weighted by Crippen LogP contribution is 2.25. The van der Waals surface area contributed by atoms with Gasteiger partial charge in [0.1, 0.15) is 0 Å². The van der Waals surface area contributed by atoms with Gasteiger partial charge < -0.3 is 5.32 Å². The van der Waals surface area contributed by atoms with Crippen molar-refractivity contribution in [1.29, 1.82) is 0 Å². The lowest BCUT2D eigenvalue weighted by molar-refractivity contribution is -0.126. The molecule has 3 aliphatic rings. The molecule has 0 spiro atoms. The number of allylic oxidation sites excluding steroid dienone is 1. The van der Waals surface area contributed by atoms with E-state index in [0.717, 1.165) is 44.9 Å². The van der Waals surface area contributed by atoms with Crippen LogP contribution in [-0.4, -0.2) is 55.7 Å². The van der Waals surface area contributed by atoms with Gasteiger partial charge in [0.05, 0.1) is 5.92 Å². The van der Waals surface area contributed by atoms with Crippen LogP contribution in [0.1, 0.15) is 64.7 Å². The zero-order valence-corrected chi connectivity index (χ0v) is 17.5. The SMILES string of the molecule is CC1CCN(S(=O)(=O)N2CCCC(C(=O)NCCC3=CCCCC3)C2)CC1. The van der Waals surface area contributed by atoms with Crippen molar-refractivity contribution in [1.82, 2.24) is 13.9 Å². The molecule has 154 valence electrons. The van der Waals surface area contributed by atoms with Gasteiger partial charge in [0.25, 0.3) is 10.2 Å². The van der Waals surface area contributed by atoms with Gasteiger partial charge in [0, 0.05) is 32.7 Å². The highest BCUT2D eigenvalue weighted by Gasteiger charge is 2.36. The minimum atomic E-state index is -3.44. The Kier molecular flexibility index (Phi) is 7.34. The molecule has 0 aromatic heterocycles. The Balaban J connectivity index is 1.49. The molecule has 0 saturated carbocycles. The van der Waals surface area contributed by atoms with Crippen LogP contribution in [0, 0.1) is 11.8 Å². The fourth-order valence-corrected chi connectivity index (χ4v) is 6.09. The summed E-state index contributed by atoms with van der Waals surface area (Å²) in [6, 6.07) is 0. The van der Waals surface area contributed by atoms with Gasteiger partial charge in [-0.25, -0.2) is 0 Å². The Hall–Kier alpha value is -0.920. The number of amides is 1. The number of hydrogen-bond acceptors (Lipinski definition) is 3. The molecule has 27 heavy (non-hydrogen) atoms. The average Bonchev–Trinajstić information content (AvgIpc) is 2.69. The molecule has 0 radical (unpaired) electrons. The van der Waals surface area contributed by atoms with E-state index in [0.29, 0.717) is 38.6 Å². The van der Waals surface area contributed by atoms with Crippen LogP contribution in [-0.2, 0) is 15.0 Å². The zero-order chi connectivity index (χ0) is 19.3. The predicted octanol–water partition coefficient (Wildman–Crippen LogP) is 2.68. The lowest BCUT2D eigenvalue weighted by atomic mass is 9.96. The van der Waals surface area contributed by atoms with Gasteiger partial charge in [-0.05, 0) is 63.7 Å². The van der Waals surface area contributed by atoms with E-state index in [1.807, 2.05) is 0 Å². The summed E-state index contributed by atoms with van der Waals surface area (Å²) in [7, 11) is -3.44. The fourth-order valence-electron chi connectivity index (χ4n) is 4.37. The summed E-state index contributed by atoms with van der Waals surface area (Å²) < 4.78 is 29.1. The summed E-state index contributed by atoms with van der Waals surface area (Å²) in [6.07, 6.45) is 11.5. The smallest absolute Gasteiger partial charge is 0.281 e. The molecule has 1 aliphatic carbocycles. The molecule has 0 bridgehead atoms. The highest BCUT2D eigenvalue weighted by molar-refractivity contribution is 7.86. The third-order valence-electron chi connectivity index (χ3n) is 6.28. The summed E-state index contributed by atoms with van der Waals surface area (Å²) in [6.45, 7) is 4.90. The predicted molar refractivity (Wildman–Crippen MR) is 107 cm³/mol. The van der Waals surface area contributed by atoms with Crippen LogP contribution in [0.25, 0.3) is 0 Å². The molecule has 2 saturated heterocycles. The fraction of sp³-hybridized carbons (Fsp3) is 0.850. The van der Waals surface area contributed by atoms with E-state index < -0.39 is 10.2 Å². The van der Waals surface area contributed by atoms with Crippen molar-refractivity contribution >= 4 is 16.1 Å². The number of piperidine rings is 2. The van der Waals surface area contributed by atoms with Crippen LogP contribution in [0.3, 0.4) is 0 Å². The molecule has 7 heteroatoms. The number of nitrogens with zero attached hydrogens (tertiary/aromatic N) is 2. The van der Waals surface area contributed by atoms with E-state index >= 15 is 0 Å². The number of carbonyl (C=O) groups excluding carboxylic acids is 1. The Labute approximate surface area is 164 Å². The standard InChI is InChI=1S/C20H35N3O3S/c1-17-10-14-22(15-11-17)27(25,26)23-13-5-8-19(16-23)20(24)21-12-9-18-6-3-2-4-7-18/h6,17,19H,2-5,7-16H2,1H3,(H,21,24). The summed E-state index contributed by atoms with van der Waals surface area (Å²) in [5, 5.41) is 3.04. The second-order valence-electron chi connectivity index (χ2n) is 8.44. The maximum Gasteiger partial charge on any atom is 0.281 e. The summed E-state index contributed by atoms with van der Waals surface area (Å²) >= 11 is 0. The van der Waals surface area contributed by atoms with Gasteiger partial charge in [-0.3, -0.25) is 4.79 Å². The molecule has 3 rings (SSSR count). The molecule has 1 N–H and O–H groups in total. The van der Waals surface area contributed by atoms with Crippen molar-refractivity contribution in [3.05, 3.63) is 11.6 Å². The van der Waals surface area contributed by atoms with Crippen molar-refractivity contribution in [3.63, 3.8) is 0 Å². The minimum absolute atomic E-state index is 0.0126. The van der Waals surface area contributed by atoms with Crippen molar-refractivity contribution < 1.29 is 13.2 Å². The first-order valence-electron chi connectivity index (χ1n) is 10.7. The Morgan fingerprint density at radius 3 is 2.59 bits per heavy atom. The summed E-state index contributed by atoms with van der Waals surface area (Å²) in [5.41, 5.74) is 1.45. The maximum absolute atomic E-state index is 12.9. The molecule has 0 aromatic rings. The van der Waals surface area contributed by atoms with Crippen LogP contribution >= 0.6 is 0 Å². The van der Waals surface area contributed by atoms with Crippen LogP contribution in [0.15, 0.2) is 11.6 Å². The lowest BCUT2D eigenvalue weighted by Crippen LogP contribution is -2.52. The summed E-state index contributed by atoms with van der Waals surface area (Å²) in [4.78, 5) is 12.6. The normalized spacial score (nSPS) is 26.6. The van der Waals surface area contributed by atoms with Crippen LogP contribution in [0.4, 0.5) is 0 Å². The molecular formula is C20H35N3O3S. The van der Waals surface area contributed by atoms with E-state index in [4.69, 9.17) is 0 Å². The van der Waals surface area contributed by atoms with Crippen molar-refractivity contribution in [2.24, 2.45) is 11.8 Å². The first kappa shape index (κ1) is 20.8. The highest BCUT2D eigenvalue weighted by atomic mass is 32.2. The maximum atomic E-state index is 12.9. The second kappa shape index (κ2) is 9.52. The Bertz CT molecular complexity index is 639. The van der Waals surface area contributed by atoms with Crippen LogP contribution in [0.5, 0.6) is 0 Å². The first-order valence-corrected chi connectivity index (χ1v) is 12.1. The largest absolute Gasteiger partial charge is 0.356 e. The lowest BCUT2D eigenvalue weighted by Gasteiger charge is -2.37. The van der Waals surface area contributed by atoms with E-state index in [-0.39, 0.29) is 11.8 Å². The third kappa shape index (κ3) is 5.55. The molecule has 2 aliphatic heterocycles. The monoisotopic (exact) mass is 397 g/mol. The minimum Gasteiger partial charge on any atom is -0.356 e. The van der Waals surface area contributed by atoms with E-state index in [9.17, 15) is 13.2 Å². The molecular weight excluding hydrogens is 362 g/mol. The van der Waals surface area contributed by atoms with Crippen molar-refractivity contribution in [2.45, 2.75) is 64.7 Å². The molecule has 0 aromatic carbocycles. The van der Waals surface area contributed by atoms with E-state index in [2.05, 4.69) is 18.3 Å². The molecule has 1 amide bonds. The molecule has 1 unspecified atom stereocenters. The molecule has 1 atom stereocenters. The second-order valence-corrected chi connectivity index (χ2v) is 10.4. The van der Waals surface area contributed by atoms with Gasteiger partial charge in [-0.15, -0.1) is 0 Å². The third-order valence-corrected chi connectivity index (χ3v) is 8.28. The topological polar surface area (TPSA) is 69.7 Å². The molecule has 6 nitrogen and oxygen atoms in total. The van der Waals surface area contributed by atoms with Crippen LogP contribution < -0.4 is 5.32 Å². The van der Waals surface area contributed by atoms with Crippen molar-refractivity contribution in [2.75, 3.05) is 32.7 Å². The Morgan fingerprint density at radius 2 is 1.89 bits per heavy atom. The number of rotatable bonds is 6. The number of carbonyl (C=O) groups is 1. The van der Waals surface area contributed by atoms with Crippen LogP contribution in [0.2, 0.25) is 0 Å². The summed E-state index contributed by atoms with van der Waals surface area (Å²) in [5.74, 6) is 0.381. The Morgan fingerprint density at radius 1 is 1.11 bits per heavy atom. The first-order chi connectivity index (χ1) is 13.0. The molecule has 2 heterocycles. The van der Waals surface area contributed by atoms with Gasteiger partial charge in [0.15, 0.2) is 0 Å². The van der Waals surface area contributed by atoms with Gasteiger partial charge in [0.2, 0.25) is 5.91 Å². The van der Waals surface area contributed by atoms with E-state index in [1.54, 1.807) is 8.61 Å². The number of hydrogen-bond donors (Lipinski definition) is 1. The number of nitrogens with one attached hydrogen (secondary N) is 1.